The Kier molecular flexibility index (Phi) is 10.4. The fourth-order valence-corrected chi connectivity index (χ4v) is 10.3. The van der Waals surface area contributed by atoms with Gasteiger partial charge in [-0.15, -0.1) is 0 Å². The third-order valence-electron chi connectivity index (χ3n) is 14.3. The third-order valence-corrected chi connectivity index (χ3v) is 14.3. The second-order valence-corrected chi connectivity index (χ2v) is 21.3. The average Bonchev–Trinajstić information content (AvgIpc) is 3.85. The van der Waals surface area contributed by atoms with Crippen LogP contribution in [0.15, 0.2) is 194 Å². The molecule has 1 aliphatic carbocycles. The van der Waals surface area contributed by atoms with Gasteiger partial charge in [-0.3, -0.25) is 9.55 Å². The Bertz CT molecular complexity index is 3590. The maximum absolute atomic E-state index is 12.4. The first-order chi connectivity index (χ1) is 33.1. The molecule has 0 spiro atoms. The molecule has 0 saturated carbocycles. The first-order valence-electron chi connectivity index (χ1n) is 24.1. The van der Waals surface area contributed by atoms with Crippen molar-refractivity contribution in [1.29, 1.82) is 0 Å². The Morgan fingerprint density at radius 1 is 0.435 bits per heavy atom. The summed E-state index contributed by atoms with van der Waals surface area (Å²) in [6.45, 7) is 18.1. The van der Waals surface area contributed by atoms with Crippen molar-refractivity contribution in [3.05, 3.63) is 217 Å². The molecule has 1 aliphatic rings. The van der Waals surface area contributed by atoms with Crippen molar-refractivity contribution in [1.82, 2.24) is 14.5 Å². The topological polar surface area (TPSA) is 50.9 Å². The van der Waals surface area contributed by atoms with E-state index < -0.39 is 0 Å². The molecule has 0 amide bonds. The van der Waals surface area contributed by atoms with Crippen molar-refractivity contribution in [3.8, 4) is 89.7 Å². The number of rotatable bonds is 7. The van der Waals surface area contributed by atoms with E-state index in [0.717, 1.165) is 72.5 Å². The quantitative estimate of drug-likeness (QED) is 0.173. The zero-order valence-corrected chi connectivity index (χ0v) is 40.8. The molecular weight excluding hydrogens is 839 g/mol. The molecular formula is C65H57N3O. The summed E-state index contributed by atoms with van der Waals surface area (Å²) in [5.41, 5.74) is 21.0. The third kappa shape index (κ3) is 7.74. The number of hydrogen-bond acceptors (Lipinski definition) is 3. The molecule has 0 bridgehead atoms. The number of imidazole rings is 1. The van der Waals surface area contributed by atoms with Crippen molar-refractivity contribution >= 4 is 11.0 Å². The van der Waals surface area contributed by atoms with E-state index in [-0.39, 0.29) is 22.0 Å². The minimum Gasteiger partial charge on any atom is -0.507 e. The monoisotopic (exact) mass is 895 g/mol. The van der Waals surface area contributed by atoms with Crippen LogP contribution in [0.2, 0.25) is 0 Å². The van der Waals surface area contributed by atoms with E-state index in [0.29, 0.717) is 11.4 Å². The smallest absolute Gasteiger partial charge is 0.149 e. The largest absolute Gasteiger partial charge is 0.507 e. The molecule has 0 aliphatic heterocycles. The van der Waals surface area contributed by atoms with Gasteiger partial charge in [-0.1, -0.05) is 189 Å². The van der Waals surface area contributed by atoms with E-state index in [4.69, 9.17) is 9.97 Å². The minimum absolute atomic E-state index is 0.0787. The molecule has 0 unspecified atom stereocenters. The lowest BCUT2D eigenvalue weighted by atomic mass is 9.82. The number of phenols is 1. The summed E-state index contributed by atoms with van der Waals surface area (Å²) in [5, 5.41) is 12.4. The van der Waals surface area contributed by atoms with Crippen LogP contribution in [0.3, 0.4) is 0 Å². The molecule has 8 aromatic carbocycles. The molecule has 2 heterocycles. The molecule has 1 N–H and O–H groups in total. The zero-order valence-electron chi connectivity index (χ0n) is 40.8. The number of phenolic OH excluding ortho intramolecular Hbond substituents is 1. The first kappa shape index (κ1) is 43.7. The molecule has 2 aromatic heterocycles. The predicted octanol–water partition coefficient (Wildman–Crippen LogP) is 17.0. The van der Waals surface area contributed by atoms with Gasteiger partial charge in [0.2, 0.25) is 0 Å². The van der Waals surface area contributed by atoms with Gasteiger partial charge in [0.1, 0.15) is 11.6 Å². The minimum atomic E-state index is -0.268. The summed E-state index contributed by atoms with van der Waals surface area (Å²) in [6, 6.07) is 67.3. The highest BCUT2D eigenvalue weighted by atomic mass is 16.3. The highest BCUT2D eigenvalue weighted by Crippen LogP contribution is 2.52. The Labute approximate surface area is 406 Å². The van der Waals surface area contributed by atoms with Crippen molar-refractivity contribution < 1.29 is 5.11 Å². The molecule has 10 aromatic rings. The fraction of sp³-hybridized carbons (Fsp3) is 0.169. The second kappa shape index (κ2) is 16.5. The van der Waals surface area contributed by atoms with Crippen LogP contribution in [0.5, 0.6) is 5.75 Å². The summed E-state index contributed by atoms with van der Waals surface area (Å²) in [6.07, 6.45) is 1.92. The van der Waals surface area contributed by atoms with Crippen LogP contribution in [-0.4, -0.2) is 19.6 Å². The zero-order chi connectivity index (χ0) is 47.8. The molecule has 0 saturated heterocycles. The Hall–Kier alpha value is -7.82. The van der Waals surface area contributed by atoms with E-state index in [1.54, 1.807) is 0 Å². The van der Waals surface area contributed by atoms with Gasteiger partial charge in [-0.05, 0) is 132 Å². The SMILES string of the molecule is CC(C)(C)c1cc(-c2cc(-c3ccc(-c4ccccc4)cc3)ccn2)cc(-c2cccc3c2nc(-c2cc4c(cc2O)C(C)(C)c2ccccc2-4)n3-c2ccc(C(C)(C)C)cc2-c2ccccc2)c1. The van der Waals surface area contributed by atoms with E-state index in [9.17, 15) is 5.11 Å². The maximum Gasteiger partial charge on any atom is 0.149 e. The number of para-hydroxylation sites is 1. The van der Waals surface area contributed by atoms with Crippen molar-refractivity contribution in [2.45, 2.75) is 71.6 Å². The maximum atomic E-state index is 12.4. The van der Waals surface area contributed by atoms with Crippen LogP contribution in [0.4, 0.5) is 0 Å². The molecule has 11 rings (SSSR count). The van der Waals surface area contributed by atoms with Crippen LogP contribution in [0.25, 0.3) is 95.0 Å². The standard InChI is InChI=1S/C65H57N3O/c1-63(2,3)48-30-31-58(52(38-48)44-20-13-10-14-21-44)68-59-25-17-23-50(61(59)67-62(68)54-39-53-51-22-15-16-24-55(51)65(7,8)56(53)40-60(54)69)46-34-47(36-49(35-46)64(4,5)6)57-37-45(32-33-66-57)43-28-26-42(27-29-43)41-18-11-9-12-19-41/h9-40,69H,1-8H3. The van der Waals surface area contributed by atoms with Crippen molar-refractivity contribution in [2.75, 3.05) is 0 Å². The molecule has 0 radical (unpaired) electrons. The van der Waals surface area contributed by atoms with Gasteiger partial charge in [0.05, 0.1) is 28.0 Å². The number of hydrogen-bond donors (Lipinski definition) is 1. The fourth-order valence-electron chi connectivity index (χ4n) is 10.3. The average molecular weight is 896 g/mol. The number of aromatic hydroxyl groups is 1. The van der Waals surface area contributed by atoms with Gasteiger partial charge in [-0.25, -0.2) is 4.98 Å². The van der Waals surface area contributed by atoms with Crippen LogP contribution in [0.1, 0.15) is 77.6 Å². The number of aromatic nitrogens is 3. The van der Waals surface area contributed by atoms with Crippen LogP contribution < -0.4 is 0 Å². The molecule has 4 nitrogen and oxygen atoms in total. The van der Waals surface area contributed by atoms with E-state index >= 15 is 0 Å². The Balaban J connectivity index is 1.13. The molecule has 0 atom stereocenters. The van der Waals surface area contributed by atoms with Crippen molar-refractivity contribution in [2.24, 2.45) is 0 Å². The van der Waals surface area contributed by atoms with Crippen LogP contribution in [-0.2, 0) is 16.2 Å². The predicted molar refractivity (Wildman–Crippen MR) is 288 cm³/mol. The number of nitrogens with zero attached hydrogens (tertiary/aromatic N) is 3. The Morgan fingerprint density at radius 2 is 1.06 bits per heavy atom. The highest BCUT2D eigenvalue weighted by Gasteiger charge is 2.37. The number of benzene rings is 8. The van der Waals surface area contributed by atoms with Gasteiger partial charge in [-0.2, -0.15) is 0 Å². The van der Waals surface area contributed by atoms with Crippen LogP contribution >= 0.6 is 0 Å². The van der Waals surface area contributed by atoms with Gasteiger partial charge >= 0.3 is 0 Å². The summed E-state index contributed by atoms with van der Waals surface area (Å²) in [7, 11) is 0. The Morgan fingerprint density at radius 3 is 1.77 bits per heavy atom. The molecule has 69 heavy (non-hydrogen) atoms. The van der Waals surface area contributed by atoms with Gasteiger partial charge in [0, 0.05) is 28.3 Å². The van der Waals surface area contributed by atoms with E-state index in [1.807, 2.05) is 12.3 Å². The number of fused-ring (bicyclic) bond motifs is 4. The molecule has 338 valence electrons. The summed E-state index contributed by atoms with van der Waals surface area (Å²) in [4.78, 5) is 10.7. The van der Waals surface area contributed by atoms with Gasteiger partial charge in [0.25, 0.3) is 0 Å². The summed E-state index contributed by atoms with van der Waals surface area (Å²) >= 11 is 0. The van der Waals surface area contributed by atoms with Gasteiger partial charge in [0.15, 0.2) is 0 Å². The summed E-state index contributed by atoms with van der Waals surface area (Å²) < 4.78 is 2.28. The first-order valence-corrected chi connectivity index (χ1v) is 24.1. The lowest BCUT2D eigenvalue weighted by Gasteiger charge is -2.23. The highest BCUT2D eigenvalue weighted by molar-refractivity contribution is 5.98. The van der Waals surface area contributed by atoms with Crippen LogP contribution in [0, 0.1) is 0 Å². The normalized spacial score (nSPS) is 13.1. The summed E-state index contributed by atoms with van der Waals surface area (Å²) in [5.74, 6) is 0.887. The van der Waals surface area contributed by atoms with Gasteiger partial charge < -0.3 is 5.11 Å². The van der Waals surface area contributed by atoms with E-state index in [1.165, 1.54) is 33.4 Å². The molecule has 4 heteroatoms. The van der Waals surface area contributed by atoms with E-state index in [2.05, 4.69) is 242 Å². The molecule has 0 fully saturated rings. The number of pyridine rings is 1. The second-order valence-electron chi connectivity index (χ2n) is 21.3. The van der Waals surface area contributed by atoms with Crippen molar-refractivity contribution in [3.63, 3.8) is 0 Å². The lowest BCUT2D eigenvalue weighted by Crippen LogP contribution is -2.14. The lowest BCUT2D eigenvalue weighted by molar-refractivity contribution is 0.474.